The summed E-state index contributed by atoms with van der Waals surface area (Å²) in [5, 5.41) is 17.5. The third-order valence-corrected chi connectivity index (χ3v) is 4.23. The van der Waals surface area contributed by atoms with Crippen LogP contribution in [0, 0.1) is 0 Å². The van der Waals surface area contributed by atoms with Crippen LogP contribution < -0.4 is 0 Å². The van der Waals surface area contributed by atoms with Crippen molar-refractivity contribution in [2.45, 2.75) is 18.7 Å². The van der Waals surface area contributed by atoms with Gasteiger partial charge in [-0.05, 0) is 35.9 Å². The van der Waals surface area contributed by atoms with E-state index >= 15 is 0 Å². The highest BCUT2D eigenvalue weighted by molar-refractivity contribution is 6.31. The molecule has 0 saturated carbocycles. The summed E-state index contributed by atoms with van der Waals surface area (Å²) in [6, 6.07) is 12.7. The van der Waals surface area contributed by atoms with Crippen LogP contribution in [0.15, 0.2) is 63.2 Å². The second kappa shape index (κ2) is 8.98. The Morgan fingerprint density at radius 2 is 1.74 bits per heavy atom. The molecular weight excluding hydrogens is 449 g/mol. The van der Waals surface area contributed by atoms with Gasteiger partial charge in [-0.25, -0.2) is 0 Å². The summed E-state index contributed by atoms with van der Waals surface area (Å²) in [6.45, 7) is -2.46. The number of benzene rings is 2. The molecule has 3 rings (SSSR count). The molecule has 1 N–H and O–H groups in total. The minimum absolute atomic E-state index is 0.0740. The number of aromatic hydroxyl groups is 1. The lowest BCUT2D eigenvalue weighted by Gasteiger charge is -2.19. The average molecular weight is 462 g/mol. The molecule has 0 unspecified atom stereocenters. The summed E-state index contributed by atoms with van der Waals surface area (Å²) >= 11 is 5.92. The zero-order valence-corrected chi connectivity index (χ0v) is 16.2. The Labute approximate surface area is 177 Å². The van der Waals surface area contributed by atoms with Crippen LogP contribution in [-0.4, -0.2) is 28.8 Å². The number of nitrogens with zero attached hydrogens (tertiary/aromatic N) is 3. The van der Waals surface area contributed by atoms with Crippen molar-refractivity contribution >= 4 is 23.1 Å². The van der Waals surface area contributed by atoms with Gasteiger partial charge in [0.2, 0.25) is 5.89 Å². The first kappa shape index (κ1) is 22.6. The average Bonchev–Trinajstić information content (AvgIpc) is 3.09. The van der Waals surface area contributed by atoms with Crippen molar-refractivity contribution in [2.24, 2.45) is 10.2 Å². The van der Waals surface area contributed by atoms with Gasteiger partial charge in [-0.3, -0.25) is 0 Å². The second-order valence-corrected chi connectivity index (χ2v) is 6.59. The van der Waals surface area contributed by atoms with E-state index in [0.29, 0.717) is 5.56 Å². The number of hydrogen-bond acceptors (Lipinski definition) is 6. The maximum Gasteiger partial charge on any atom is 0.455 e. The molecule has 0 radical (unpaired) electrons. The molecule has 1 aromatic heterocycles. The number of ether oxygens (including phenoxy) is 1. The van der Waals surface area contributed by atoms with E-state index in [1.54, 1.807) is 30.3 Å². The van der Waals surface area contributed by atoms with Crippen LogP contribution in [0.2, 0.25) is 5.02 Å². The molecule has 1 heterocycles. The first-order chi connectivity index (χ1) is 14.6. The number of alkyl halides is 5. The van der Waals surface area contributed by atoms with Crippen molar-refractivity contribution < 1.29 is 36.2 Å². The predicted octanol–water partition coefficient (Wildman–Crippen LogP) is 6.83. The molecular formula is C19H13ClF5N3O3. The molecule has 0 aliphatic rings. The molecule has 31 heavy (non-hydrogen) atoms. The van der Waals surface area contributed by atoms with Crippen LogP contribution >= 0.6 is 11.6 Å². The molecule has 0 aliphatic carbocycles. The third kappa shape index (κ3) is 5.56. The summed E-state index contributed by atoms with van der Waals surface area (Å²) in [5.41, 5.74) is 0.875. The Balaban J connectivity index is 1.71. The number of hydrogen-bond donors (Lipinski definition) is 1. The normalized spacial score (nSPS) is 12.6. The van der Waals surface area contributed by atoms with E-state index in [4.69, 9.17) is 16.0 Å². The van der Waals surface area contributed by atoms with E-state index in [0.717, 1.165) is 0 Å². The van der Waals surface area contributed by atoms with E-state index in [2.05, 4.69) is 19.9 Å². The van der Waals surface area contributed by atoms with Gasteiger partial charge >= 0.3 is 18.0 Å². The van der Waals surface area contributed by atoms with Gasteiger partial charge in [0.25, 0.3) is 5.82 Å². The summed E-state index contributed by atoms with van der Waals surface area (Å²) in [6.07, 6.45) is -5.72. The van der Waals surface area contributed by atoms with Gasteiger partial charge in [0.15, 0.2) is 0 Å². The fourth-order valence-electron chi connectivity index (χ4n) is 2.28. The highest BCUT2D eigenvalue weighted by atomic mass is 35.5. The molecule has 0 aliphatic heterocycles. The lowest BCUT2D eigenvalue weighted by molar-refractivity contribution is -0.297. The van der Waals surface area contributed by atoms with Crippen LogP contribution in [0.25, 0.3) is 11.5 Å². The Bertz CT molecular complexity index is 1070. The van der Waals surface area contributed by atoms with E-state index < -0.39 is 31.3 Å². The van der Waals surface area contributed by atoms with Crippen LogP contribution in [0.1, 0.15) is 5.56 Å². The van der Waals surface area contributed by atoms with Crippen LogP contribution in [-0.2, 0) is 11.3 Å². The molecule has 12 heteroatoms. The van der Waals surface area contributed by atoms with E-state index in [-0.39, 0.29) is 28.0 Å². The van der Waals surface area contributed by atoms with Crippen molar-refractivity contribution in [3.63, 3.8) is 0 Å². The van der Waals surface area contributed by atoms with Gasteiger partial charge in [0, 0.05) is 10.6 Å². The molecule has 0 fully saturated rings. The lowest BCUT2D eigenvalue weighted by atomic mass is 10.2. The van der Waals surface area contributed by atoms with Gasteiger partial charge in [-0.2, -0.15) is 26.9 Å². The van der Waals surface area contributed by atoms with Gasteiger partial charge in [0.1, 0.15) is 6.61 Å². The monoisotopic (exact) mass is 461 g/mol. The van der Waals surface area contributed by atoms with E-state index in [9.17, 15) is 27.1 Å². The fourth-order valence-corrected chi connectivity index (χ4v) is 2.46. The van der Waals surface area contributed by atoms with Crippen molar-refractivity contribution in [3.05, 3.63) is 59.1 Å². The molecule has 0 saturated heterocycles. The van der Waals surface area contributed by atoms with Gasteiger partial charge in [-0.15, -0.1) is 10.2 Å². The summed E-state index contributed by atoms with van der Waals surface area (Å²) in [4.78, 5) is 4.02. The van der Waals surface area contributed by atoms with Crippen LogP contribution in [0.3, 0.4) is 0 Å². The maximum absolute atomic E-state index is 12.9. The van der Waals surface area contributed by atoms with Gasteiger partial charge < -0.3 is 14.3 Å². The Morgan fingerprint density at radius 3 is 2.42 bits per heavy atom. The molecule has 6 nitrogen and oxygen atoms in total. The number of aromatic nitrogens is 1. The number of halogens is 6. The standard InChI is InChI=1S/C19H13ClF5N3O3/c20-14-7-6-13(8-12(14)9-30-10-18(21,22)19(23,24)25)27-28-15-17(29)31-16(26-15)11-4-2-1-3-5-11/h1-8,29H,9-10H2. The second-order valence-electron chi connectivity index (χ2n) is 6.18. The number of azo groups is 1. The first-order valence-electron chi connectivity index (χ1n) is 8.54. The van der Waals surface area contributed by atoms with Crippen molar-refractivity contribution in [1.82, 2.24) is 4.98 Å². The van der Waals surface area contributed by atoms with E-state index in [1.807, 2.05) is 0 Å². The Hall–Kier alpha value is -3.05. The topological polar surface area (TPSA) is 80.2 Å². The molecule has 0 amide bonds. The minimum Gasteiger partial charge on any atom is -0.478 e. The minimum atomic E-state index is -5.72. The SMILES string of the molecule is Oc1oc(-c2ccccc2)nc1N=Nc1ccc(Cl)c(COCC(F)(F)C(F)(F)F)c1. The number of rotatable bonds is 7. The summed E-state index contributed by atoms with van der Waals surface area (Å²) in [5.74, 6) is -5.66. The van der Waals surface area contributed by atoms with Crippen molar-refractivity contribution in [3.8, 4) is 17.4 Å². The lowest BCUT2D eigenvalue weighted by Crippen LogP contribution is -2.40. The zero-order chi connectivity index (χ0) is 22.6. The molecule has 0 bridgehead atoms. The molecule has 164 valence electrons. The van der Waals surface area contributed by atoms with Crippen LogP contribution in [0.5, 0.6) is 5.95 Å². The fraction of sp³-hybridized carbons (Fsp3) is 0.211. The largest absolute Gasteiger partial charge is 0.478 e. The van der Waals surface area contributed by atoms with Gasteiger partial charge in [0.05, 0.1) is 12.3 Å². The molecule has 3 aromatic rings. The number of oxazole rings is 1. The van der Waals surface area contributed by atoms with Crippen molar-refractivity contribution in [2.75, 3.05) is 6.61 Å². The summed E-state index contributed by atoms with van der Waals surface area (Å²) in [7, 11) is 0. The molecule has 0 atom stereocenters. The highest BCUT2D eigenvalue weighted by Crippen LogP contribution is 2.36. The molecule has 2 aromatic carbocycles. The maximum atomic E-state index is 12.9. The summed E-state index contributed by atoms with van der Waals surface area (Å²) < 4.78 is 72.0. The van der Waals surface area contributed by atoms with E-state index in [1.165, 1.54) is 18.2 Å². The quantitative estimate of drug-likeness (QED) is 0.309. The predicted molar refractivity (Wildman–Crippen MR) is 99.9 cm³/mol. The molecule has 0 spiro atoms. The first-order valence-corrected chi connectivity index (χ1v) is 8.92. The Morgan fingerprint density at radius 1 is 1.03 bits per heavy atom. The zero-order valence-electron chi connectivity index (χ0n) is 15.4. The van der Waals surface area contributed by atoms with Gasteiger partial charge in [-0.1, -0.05) is 29.8 Å². The third-order valence-electron chi connectivity index (χ3n) is 3.86. The van der Waals surface area contributed by atoms with Crippen molar-refractivity contribution in [1.29, 1.82) is 0 Å². The highest BCUT2D eigenvalue weighted by Gasteiger charge is 2.57. The Kier molecular flexibility index (Phi) is 6.56. The van der Waals surface area contributed by atoms with Crippen LogP contribution in [0.4, 0.5) is 33.5 Å². The smallest absolute Gasteiger partial charge is 0.455 e.